The monoisotopic (exact) mass is 829 g/mol. The summed E-state index contributed by atoms with van der Waals surface area (Å²) in [5, 5.41) is 2.63. The van der Waals surface area contributed by atoms with Gasteiger partial charge in [-0.3, -0.25) is 34.0 Å². The minimum absolute atomic E-state index is 0.00769. The van der Waals surface area contributed by atoms with Crippen LogP contribution < -0.4 is 20.3 Å². The number of imidazole rings is 1. The van der Waals surface area contributed by atoms with E-state index in [-0.39, 0.29) is 23.7 Å². The van der Waals surface area contributed by atoms with Crippen molar-refractivity contribution < 1.29 is 42.8 Å². The quantitative estimate of drug-likeness (QED) is 0.0856. The average Bonchev–Trinajstić information content (AvgIpc) is 3.85. The molecule has 0 radical (unpaired) electrons. The number of nitrogens with one attached hydrogen (secondary N) is 2. The van der Waals surface area contributed by atoms with Gasteiger partial charge >= 0.3 is 11.9 Å². The number of carbonyl (C=O) groups excluding carboxylic acids is 3. The lowest BCUT2D eigenvalue weighted by atomic mass is 9.80. The molecular weight excluding hydrogens is 783 g/mol. The molecule has 1 aliphatic rings. The number of H-pyrrole nitrogens is 1. The molecule has 0 bridgehead atoms. The van der Waals surface area contributed by atoms with Crippen molar-refractivity contribution >= 4 is 35.0 Å². The van der Waals surface area contributed by atoms with Crippen molar-refractivity contribution in [1.82, 2.24) is 19.5 Å². The Hall–Kier alpha value is -6.84. The van der Waals surface area contributed by atoms with Gasteiger partial charge in [-0.2, -0.15) is 4.98 Å². The van der Waals surface area contributed by atoms with Gasteiger partial charge in [0.2, 0.25) is 5.95 Å². The number of rotatable bonds is 15. The molecule has 4 atom stereocenters. The Morgan fingerprint density at radius 2 is 1.28 bits per heavy atom. The number of aromatic amines is 1. The first-order valence-electron chi connectivity index (χ1n) is 19.8. The fourth-order valence-corrected chi connectivity index (χ4v) is 7.10. The molecule has 2 aromatic heterocycles. The van der Waals surface area contributed by atoms with Gasteiger partial charge in [0.15, 0.2) is 29.6 Å². The molecule has 316 valence electrons. The normalized spacial score (nSPS) is 17.6. The lowest BCUT2D eigenvalue weighted by Crippen LogP contribution is -2.44. The first kappa shape index (κ1) is 42.3. The number of benzene rings is 4. The van der Waals surface area contributed by atoms with E-state index in [1.165, 1.54) is 10.9 Å². The molecule has 1 aliphatic heterocycles. The maximum atomic E-state index is 13.5. The number of aromatic nitrogens is 4. The van der Waals surface area contributed by atoms with Crippen LogP contribution in [0.2, 0.25) is 0 Å². The largest absolute Gasteiger partial charge is 0.497 e. The van der Waals surface area contributed by atoms with Crippen molar-refractivity contribution in [3.63, 3.8) is 0 Å². The maximum Gasteiger partial charge on any atom is 0.308 e. The molecule has 1 amide bonds. The molecule has 3 heterocycles. The Labute approximate surface area is 351 Å². The van der Waals surface area contributed by atoms with Crippen molar-refractivity contribution in [2.24, 2.45) is 11.8 Å². The van der Waals surface area contributed by atoms with Gasteiger partial charge in [0.25, 0.3) is 11.5 Å². The molecule has 2 N–H and O–H groups in total. The summed E-state index contributed by atoms with van der Waals surface area (Å²) >= 11 is 0. The summed E-state index contributed by atoms with van der Waals surface area (Å²) in [6, 6.07) is 33.0. The number of carbonyl (C=O) groups is 3. The van der Waals surface area contributed by atoms with Crippen LogP contribution >= 0.6 is 0 Å². The molecular formula is C46H47N5O10. The van der Waals surface area contributed by atoms with Crippen LogP contribution in [0.25, 0.3) is 11.2 Å². The summed E-state index contributed by atoms with van der Waals surface area (Å²) in [7, 11) is 3.18. The van der Waals surface area contributed by atoms with Crippen molar-refractivity contribution in [2.45, 2.75) is 57.8 Å². The van der Waals surface area contributed by atoms with Gasteiger partial charge in [-0.1, -0.05) is 100 Å². The number of amides is 1. The van der Waals surface area contributed by atoms with Crippen LogP contribution in [0.15, 0.2) is 120 Å². The van der Waals surface area contributed by atoms with Crippen molar-refractivity contribution in [1.29, 1.82) is 0 Å². The lowest BCUT2D eigenvalue weighted by Gasteiger charge is -2.37. The summed E-state index contributed by atoms with van der Waals surface area (Å²) < 4.78 is 38.7. The number of fused-ring (bicyclic) bond motifs is 1. The van der Waals surface area contributed by atoms with Crippen LogP contribution in [0.4, 0.5) is 5.95 Å². The van der Waals surface area contributed by atoms with Gasteiger partial charge < -0.3 is 28.4 Å². The number of hydrogen-bond donors (Lipinski definition) is 2. The third-order valence-electron chi connectivity index (χ3n) is 10.3. The second-order valence-corrected chi connectivity index (χ2v) is 15.1. The Bertz CT molecular complexity index is 2470. The highest BCUT2D eigenvalue weighted by atomic mass is 16.7. The van der Waals surface area contributed by atoms with Crippen LogP contribution in [-0.4, -0.2) is 76.5 Å². The number of ether oxygens (including phenoxy) is 6. The van der Waals surface area contributed by atoms with Crippen molar-refractivity contribution in [3.8, 4) is 11.5 Å². The zero-order chi connectivity index (χ0) is 43.3. The van der Waals surface area contributed by atoms with Crippen LogP contribution in [0.5, 0.6) is 11.5 Å². The highest BCUT2D eigenvalue weighted by Gasteiger charge is 2.53. The Kier molecular flexibility index (Phi) is 12.6. The summed E-state index contributed by atoms with van der Waals surface area (Å²) in [6.45, 7) is 6.52. The lowest BCUT2D eigenvalue weighted by molar-refractivity contribution is -0.173. The average molecular weight is 830 g/mol. The maximum absolute atomic E-state index is 13.5. The number of anilines is 1. The number of methoxy groups -OCH3 is 2. The molecule has 0 saturated carbocycles. The highest BCUT2D eigenvalue weighted by Crippen LogP contribution is 2.44. The van der Waals surface area contributed by atoms with Crippen LogP contribution in [0.1, 0.15) is 61.0 Å². The minimum atomic E-state index is -1.29. The number of esters is 2. The van der Waals surface area contributed by atoms with Gasteiger partial charge in [0.1, 0.15) is 23.2 Å². The van der Waals surface area contributed by atoms with Crippen LogP contribution in [0, 0.1) is 11.8 Å². The first-order valence-corrected chi connectivity index (χ1v) is 19.8. The predicted octanol–water partition coefficient (Wildman–Crippen LogP) is 6.43. The summed E-state index contributed by atoms with van der Waals surface area (Å²) in [5.41, 5.74) is 0.592. The molecule has 4 aromatic carbocycles. The molecule has 0 unspecified atom stereocenters. The first-order chi connectivity index (χ1) is 29.4. The van der Waals surface area contributed by atoms with E-state index in [0.29, 0.717) is 17.1 Å². The zero-order valence-electron chi connectivity index (χ0n) is 34.6. The van der Waals surface area contributed by atoms with Crippen LogP contribution in [0.3, 0.4) is 0 Å². The molecule has 1 saturated heterocycles. The van der Waals surface area contributed by atoms with E-state index in [0.717, 1.165) is 16.7 Å². The van der Waals surface area contributed by atoms with E-state index < -0.39 is 65.4 Å². The third-order valence-corrected chi connectivity index (χ3v) is 10.3. The zero-order valence-corrected chi connectivity index (χ0v) is 34.6. The second-order valence-electron chi connectivity index (χ2n) is 15.1. The van der Waals surface area contributed by atoms with Gasteiger partial charge in [0.05, 0.1) is 39.0 Å². The molecule has 0 aliphatic carbocycles. The molecule has 15 nitrogen and oxygen atoms in total. The molecule has 15 heteroatoms. The van der Waals surface area contributed by atoms with Gasteiger partial charge in [-0.15, -0.1) is 0 Å². The number of nitrogens with zero attached hydrogens (tertiary/aromatic N) is 3. The topological polar surface area (TPSA) is 182 Å². The summed E-state index contributed by atoms with van der Waals surface area (Å²) in [6.07, 6.45) is -3.50. The van der Waals surface area contributed by atoms with Gasteiger partial charge in [0, 0.05) is 5.56 Å². The predicted molar refractivity (Wildman–Crippen MR) is 224 cm³/mol. The number of hydrogen-bond acceptors (Lipinski definition) is 12. The summed E-state index contributed by atoms with van der Waals surface area (Å²) in [5.74, 6) is -1.68. The summed E-state index contributed by atoms with van der Waals surface area (Å²) in [4.78, 5) is 64.9. The Morgan fingerprint density at radius 1 is 0.754 bits per heavy atom. The molecule has 0 spiro atoms. The SMILES string of the molecule is COc1ccc(C(OC[C@H]2O[C@@H](n3cnc4c(=O)[nH]c(NC(=O)c5ccccc5)nc43)[C@H](OC(=O)C(C)C)[C@@H]2OC(=O)C(C)C)(c2ccccc2)c2ccc(OC)cc2)cc1. The highest BCUT2D eigenvalue weighted by molar-refractivity contribution is 6.03. The van der Waals surface area contributed by atoms with E-state index in [4.69, 9.17) is 28.4 Å². The van der Waals surface area contributed by atoms with Crippen molar-refractivity contribution in [3.05, 3.63) is 148 Å². The molecule has 1 fully saturated rings. The standard InChI is InChI=1S/C46H47N5O10/c1-27(2)43(54)60-37-35(25-58-46(30-15-11-8-12-16-30,31-17-21-33(56-5)22-18-31)32-19-23-34(57-6)24-20-32)59-42(38(37)61-44(55)28(3)4)51-26-47-36-39(51)48-45(50-41(36)53)49-40(52)29-13-9-7-10-14-29/h7-24,26-28,35,37-38,42H,25H2,1-6H3,(H2,48,49,50,52,53)/t35-,37-,38-,42-/m1/s1. The van der Waals surface area contributed by atoms with Crippen LogP contribution in [-0.2, 0) is 34.1 Å². The minimum Gasteiger partial charge on any atom is -0.497 e. The van der Waals surface area contributed by atoms with E-state index in [1.54, 1.807) is 72.2 Å². The second kappa shape index (κ2) is 18.2. The third kappa shape index (κ3) is 8.74. The van der Waals surface area contributed by atoms with E-state index in [2.05, 4.69) is 20.3 Å². The van der Waals surface area contributed by atoms with Gasteiger partial charge in [-0.05, 0) is 53.1 Å². The molecule has 61 heavy (non-hydrogen) atoms. The van der Waals surface area contributed by atoms with E-state index in [1.807, 2.05) is 78.9 Å². The Balaban J connectivity index is 1.34. The van der Waals surface area contributed by atoms with E-state index >= 15 is 0 Å². The molecule has 6 aromatic rings. The Morgan fingerprint density at radius 3 is 1.82 bits per heavy atom. The van der Waals surface area contributed by atoms with Crippen molar-refractivity contribution in [2.75, 3.05) is 26.1 Å². The smallest absolute Gasteiger partial charge is 0.308 e. The van der Waals surface area contributed by atoms with Gasteiger partial charge in [-0.25, -0.2) is 4.98 Å². The fraction of sp³-hybridized carbons (Fsp3) is 0.304. The fourth-order valence-electron chi connectivity index (χ4n) is 7.10. The van der Waals surface area contributed by atoms with E-state index in [9.17, 15) is 19.2 Å². The molecule has 7 rings (SSSR count).